The number of aryl methyl sites for hydroxylation is 1. The fourth-order valence-corrected chi connectivity index (χ4v) is 3.28. The standard InChI is InChI=1S/C18H22N2O4/c1-24-15-4-5-16-13(11-15)6-9-19(16)10-7-17(21)20-8-2-3-14(12-20)18(22)23/h4-6,9,11,14H,2-3,7-8,10,12H2,1H3,(H,22,23)/t14-/m0/s1. The number of hydrogen-bond donors (Lipinski definition) is 1. The number of carbonyl (C=O) groups is 2. The maximum atomic E-state index is 12.4. The molecule has 1 amide bonds. The summed E-state index contributed by atoms with van der Waals surface area (Å²) >= 11 is 0. The molecule has 0 saturated carbocycles. The molecule has 6 heteroatoms. The smallest absolute Gasteiger partial charge is 0.308 e. The van der Waals surface area contributed by atoms with E-state index in [1.54, 1.807) is 12.0 Å². The molecule has 6 nitrogen and oxygen atoms in total. The van der Waals surface area contributed by atoms with Gasteiger partial charge in [-0.25, -0.2) is 0 Å². The molecule has 3 rings (SSSR count). The van der Waals surface area contributed by atoms with Gasteiger partial charge < -0.3 is 19.3 Å². The molecule has 1 aliphatic heterocycles. The zero-order valence-electron chi connectivity index (χ0n) is 13.8. The quantitative estimate of drug-likeness (QED) is 0.913. The Morgan fingerprint density at radius 3 is 2.92 bits per heavy atom. The number of carbonyl (C=O) groups excluding carboxylic acids is 1. The number of benzene rings is 1. The second-order valence-electron chi connectivity index (χ2n) is 6.20. The number of carboxylic acids is 1. The Hall–Kier alpha value is -2.50. The predicted octanol–water partition coefficient (Wildman–Crippen LogP) is 2.36. The predicted molar refractivity (Wildman–Crippen MR) is 90.0 cm³/mol. The van der Waals surface area contributed by atoms with E-state index in [-0.39, 0.29) is 5.91 Å². The van der Waals surface area contributed by atoms with Crippen molar-refractivity contribution in [2.45, 2.75) is 25.8 Å². The summed E-state index contributed by atoms with van der Waals surface area (Å²) in [6.45, 7) is 1.58. The van der Waals surface area contributed by atoms with Crippen LogP contribution >= 0.6 is 0 Å². The Kier molecular flexibility index (Phi) is 4.74. The lowest BCUT2D eigenvalue weighted by molar-refractivity contribution is -0.145. The molecule has 2 heterocycles. The number of amides is 1. The van der Waals surface area contributed by atoms with Crippen molar-refractivity contribution in [1.82, 2.24) is 9.47 Å². The molecule has 1 N–H and O–H groups in total. The highest BCUT2D eigenvalue weighted by atomic mass is 16.5. The number of aliphatic carboxylic acids is 1. The number of nitrogens with zero attached hydrogens (tertiary/aromatic N) is 2. The molecule has 1 atom stereocenters. The average Bonchev–Trinajstić information content (AvgIpc) is 3.01. The minimum atomic E-state index is -0.808. The van der Waals surface area contributed by atoms with Gasteiger partial charge in [-0.1, -0.05) is 0 Å². The summed E-state index contributed by atoms with van der Waals surface area (Å²) in [7, 11) is 1.64. The highest BCUT2D eigenvalue weighted by Gasteiger charge is 2.27. The number of fused-ring (bicyclic) bond motifs is 1. The zero-order valence-corrected chi connectivity index (χ0v) is 13.8. The minimum Gasteiger partial charge on any atom is -0.497 e. The third kappa shape index (κ3) is 3.37. The highest BCUT2D eigenvalue weighted by molar-refractivity contribution is 5.82. The summed E-state index contributed by atoms with van der Waals surface area (Å²) in [4.78, 5) is 25.2. The third-order valence-corrected chi connectivity index (χ3v) is 4.67. The highest BCUT2D eigenvalue weighted by Crippen LogP contribution is 2.22. The lowest BCUT2D eigenvalue weighted by Gasteiger charge is -2.30. The van der Waals surface area contributed by atoms with Crippen molar-refractivity contribution in [2.24, 2.45) is 5.92 Å². The minimum absolute atomic E-state index is 0.0244. The number of piperidine rings is 1. The van der Waals surface area contributed by atoms with Gasteiger partial charge in [-0.05, 0) is 37.1 Å². The van der Waals surface area contributed by atoms with Crippen molar-refractivity contribution in [3.05, 3.63) is 30.5 Å². The molecule has 0 unspecified atom stereocenters. The summed E-state index contributed by atoms with van der Waals surface area (Å²) < 4.78 is 7.27. The first kappa shape index (κ1) is 16.4. The van der Waals surface area contributed by atoms with Crippen molar-refractivity contribution >= 4 is 22.8 Å². The molecule has 2 aromatic rings. The van der Waals surface area contributed by atoms with Crippen molar-refractivity contribution < 1.29 is 19.4 Å². The van der Waals surface area contributed by atoms with Crippen molar-refractivity contribution in [2.75, 3.05) is 20.2 Å². The van der Waals surface area contributed by atoms with Crippen LogP contribution in [0, 0.1) is 5.92 Å². The number of aromatic nitrogens is 1. The van der Waals surface area contributed by atoms with Crippen LogP contribution in [-0.4, -0.2) is 46.6 Å². The molecule has 1 aromatic heterocycles. The first-order valence-corrected chi connectivity index (χ1v) is 8.22. The second kappa shape index (κ2) is 6.95. The van der Waals surface area contributed by atoms with Gasteiger partial charge in [0.05, 0.1) is 13.0 Å². The molecule has 1 saturated heterocycles. The molecular weight excluding hydrogens is 308 g/mol. The number of carboxylic acid groups (broad SMARTS) is 1. The summed E-state index contributed by atoms with van der Waals surface area (Å²) in [6, 6.07) is 7.86. The lowest BCUT2D eigenvalue weighted by Crippen LogP contribution is -2.42. The van der Waals surface area contributed by atoms with E-state index in [0.29, 0.717) is 32.5 Å². The van der Waals surface area contributed by atoms with Crippen LogP contribution in [-0.2, 0) is 16.1 Å². The number of likely N-dealkylation sites (tertiary alicyclic amines) is 1. The van der Waals surface area contributed by atoms with Crippen molar-refractivity contribution in [3.8, 4) is 5.75 Å². The van der Waals surface area contributed by atoms with E-state index in [1.165, 1.54) is 0 Å². The maximum Gasteiger partial charge on any atom is 0.308 e. The molecule has 1 aromatic carbocycles. The van der Waals surface area contributed by atoms with Crippen LogP contribution in [0.25, 0.3) is 10.9 Å². The molecule has 0 radical (unpaired) electrons. The number of ether oxygens (including phenoxy) is 1. The molecule has 0 aliphatic carbocycles. The molecule has 1 aliphatic rings. The van der Waals surface area contributed by atoms with Gasteiger partial charge in [0.2, 0.25) is 5.91 Å². The van der Waals surface area contributed by atoms with Gasteiger partial charge in [-0.3, -0.25) is 9.59 Å². The van der Waals surface area contributed by atoms with Gasteiger partial charge in [-0.2, -0.15) is 0 Å². The van der Waals surface area contributed by atoms with Gasteiger partial charge in [0.25, 0.3) is 0 Å². The van der Waals surface area contributed by atoms with Crippen LogP contribution in [0.1, 0.15) is 19.3 Å². The molecule has 128 valence electrons. The summed E-state index contributed by atoms with van der Waals surface area (Å²) in [5, 5.41) is 10.2. The Morgan fingerprint density at radius 2 is 2.17 bits per heavy atom. The van der Waals surface area contributed by atoms with Gasteiger partial charge in [0.1, 0.15) is 5.75 Å². The van der Waals surface area contributed by atoms with Crippen LogP contribution in [0.2, 0.25) is 0 Å². The second-order valence-corrected chi connectivity index (χ2v) is 6.20. The number of methoxy groups -OCH3 is 1. The Balaban J connectivity index is 1.63. The lowest BCUT2D eigenvalue weighted by atomic mass is 9.98. The van der Waals surface area contributed by atoms with E-state index in [0.717, 1.165) is 23.1 Å². The molecule has 1 fully saturated rings. The molecular formula is C18H22N2O4. The van der Waals surface area contributed by atoms with Gasteiger partial charge >= 0.3 is 5.97 Å². The van der Waals surface area contributed by atoms with Crippen molar-refractivity contribution in [1.29, 1.82) is 0 Å². The van der Waals surface area contributed by atoms with E-state index >= 15 is 0 Å². The van der Waals surface area contributed by atoms with E-state index in [4.69, 9.17) is 9.84 Å². The van der Waals surface area contributed by atoms with E-state index in [2.05, 4.69) is 0 Å². The van der Waals surface area contributed by atoms with Gasteiger partial charge in [-0.15, -0.1) is 0 Å². The van der Waals surface area contributed by atoms with Gasteiger partial charge in [0, 0.05) is 43.2 Å². The first-order valence-electron chi connectivity index (χ1n) is 8.22. The summed E-state index contributed by atoms with van der Waals surface area (Å²) in [6.07, 6.45) is 3.76. The molecule has 0 bridgehead atoms. The van der Waals surface area contributed by atoms with Crippen LogP contribution in [0.15, 0.2) is 30.5 Å². The Bertz CT molecular complexity index is 753. The van der Waals surface area contributed by atoms with Crippen LogP contribution in [0.3, 0.4) is 0 Å². The van der Waals surface area contributed by atoms with E-state index < -0.39 is 11.9 Å². The van der Waals surface area contributed by atoms with Gasteiger partial charge in [0.15, 0.2) is 0 Å². The third-order valence-electron chi connectivity index (χ3n) is 4.67. The van der Waals surface area contributed by atoms with Crippen LogP contribution < -0.4 is 4.74 Å². The van der Waals surface area contributed by atoms with Crippen LogP contribution in [0.4, 0.5) is 0 Å². The Labute approximate surface area is 140 Å². The summed E-state index contributed by atoms with van der Waals surface area (Å²) in [5.74, 6) is -0.402. The zero-order chi connectivity index (χ0) is 17.1. The fraction of sp³-hybridized carbons (Fsp3) is 0.444. The Morgan fingerprint density at radius 1 is 1.33 bits per heavy atom. The largest absolute Gasteiger partial charge is 0.497 e. The molecule has 0 spiro atoms. The normalized spacial score (nSPS) is 17.9. The average molecular weight is 330 g/mol. The SMILES string of the molecule is COc1ccc2c(ccn2CCC(=O)N2CCC[C@H](C(=O)O)C2)c1. The number of rotatable bonds is 5. The number of hydrogen-bond acceptors (Lipinski definition) is 3. The van der Waals surface area contributed by atoms with Crippen molar-refractivity contribution in [3.63, 3.8) is 0 Å². The maximum absolute atomic E-state index is 12.4. The van der Waals surface area contributed by atoms with E-state index in [1.807, 2.05) is 35.0 Å². The topological polar surface area (TPSA) is 71.8 Å². The monoisotopic (exact) mass is 330 g/mol. The summed E-state index contributed by atoms with van der Waals surface area (Å²) in [5.41, 5.74) is 1.06. The molecule has 24 heavy (non-hydrogen) atoms. The first-order chi connectivity index (χ1) is 11.6. The van der Waals surface area contributed by atoms with E-state index in [9.17, 15) is 9.59 Å². The fourth-order valence-electron chi connectivity index (χ4n) is 3.28. The van der Waals surface area contributed by atoms with Crippen LogP contribution in [0.5, 0.6) is 5.75 Å².